The molecule has 8 aromatic rings. The number of rotatable bonds is 14. The molecule has 396 valence electrons. The summed E-state index contributed by atoms with van der Waals surface area (Å²) >= 11 is 0. The van der Waals surface area contributed by atoms with Gasteiger partial charge in [-0.05, 0) is 46.6 Å². The third kappa shape index (κ3) is 29.3. The van der Waals surface area contributed by atoms with Crippen molar-refractivity contribution in [2.75, 3.05) is 28.2 Å². The third-order valence-corrected chi connectivity index (χ3v) is 9.94. The number of carbonyl (C=O) groups is 6. The standard InChI is InChI=1S/4C15H12O2.2C3H7NO.Cs.Pr/c4*16-14(12-7-3-1-4-8-12)11-15(17)13-9-5-2-6-10-13;2*1-4(2)3-5;;/h4*1-11,16H;2*3H,1-2H3;;/q;;;;;;+1;+3/p-4/b4*14-11-;;;;. The van der Waals surface area contributed by atoms with Crippen molar-refractivity contribution in [3.05, 3.63) is 311 Å². The van der Waals surface area contributed by atoms with Gasteiger partial charge in [0.2, 0.25) is 12.8 Å². The number of amides is 2. The van der Waals surface area contributed by atoms with Crippen LogP contribution in [-0.4, -0.2) is 73.9 Å². The Bertz CT molecular complexity index is 2760. The molecule has 0 unspecified atom stereocenters. The maximum Gasteiger partial charge on any atom is 3.00 e. The zero-order valence-electron chi connectivity index (χ0n) is 45.1. The minimum Gasteiger partial charge on any atom is -0.872 e. The molecule has 0 aliphatic heterocycles. The maximum absolute atomic E-state index is 11.8. The molecule has 0 aliphatic rings. The number of carbonyl (C=O) groups excluding carboxylic acids is 6. The fraction of sp³-hybridized carbons (Fsp3) is 0.0606. The van der Waals surface area contributed by atoms with Gasteiger partial charge in [-0.1, -0.05) is 266 Å². The first-order valence-electron chi connectivity index (χ1n) is 24.0. The van der Waals surface area contributed by atoms with Crippen LogP contribution in [0.5, 0.6) is 0 Å². The van der Waals surface area contributed by atoms with Crippen molar-refractivity contribution in [1.29, 1.82) is 0 Å². The fourth-order valence-electron chi connectivity index (χ4n) is 5.96. The fourth-order valence-corrected chi connectivity index (χ4v) is 5.96. The van der Waals surface area contributed by atoms with Gasteiger partial charge in [0.25, 0.3) is 0 Å². The third-order valence-electron chi connectivity index (χ3n) is 9.94. The summed E-state index contributed by atoms with van der Waals surface area (Å²) in [6.07, 6.45) is 6.02. The van der Waals surface area contributed by atoms with Crippen LogP contribution in [0.15, 0.2) is 267 Å². The van der Waals surface area contributed by atoms with E-state index in [-0.39, 0.29) is 156 Å². The Balaban J connectivity index is 0.000000500. The Labute approximate surface area is 560 Å². The number of nitrogens with zero attached hydrogens (tertiary/aromatic N) is 2. The van der Waals surface area contributed by atoms with Gasteiger partial charge >= 0.3 is 110 Å². The van der Waals surface area contributed by atoms with Gasteiger partial charge in [-0.2, -0.15) is 0 Å². The average molecular weight is 1310 g/mol. The van der Waals surface area contributed by atoms with E-state index in [2.05, 4.69) is 0 Å². The van der Waals surface area contributed by atoms with E-state index in [0.717, 1.165) is 37.1 Å². The average Bonchev–Trinajstić information content (AvgIpc) is 3.49. The van der Waals surface area contributed by atoms with Crippen molar-refractivity contribution in [2.24, 2.45) is 0 Å². The second-order valence-corrected chi connectivity index (χ2v) is 16.6. The van der Waals surface area contributed by atoms with Crippen LogP contribution in [0.1, 0.15) is 63.7 Å². The molecular formula is C66H58CsN2O10Pr. The second kappa shape index (κ2) is 41.9. The van der Waals surface area contributed by atoms with Crippen molar-refractivity contribution in [3.8, 4) is 0 Å². The Morgan fingerprint density at radius 2 is 0.388 bits per heavy atom. The van der Waals surface area contributed by atoms with Crippen molar-refractivity contribution < 1.29 is 159 Å². The van der Waals surface area contributed by atoms with E-state index in [1.807, 2.05) is 48.5 Å². The molecule has 12 nitrogen and oxygen atoms in total. The molecule has 0 saturated heterocycles. The van der Waals surface area contributed by atoms with E-state index in [1.165, 1.54) is 9.80 Å². The van der Waals surface area contributed by atoms with E-state index in [4.69, 9.17) is 0 Å². The molecule has 0 aliphatic carbocycles. The van der Waals surface area contributed by atoms with Gasteiger partial charge in [0.05, 0.1) is 0 Å². The monoisotopic (exact) mass is 1310 g/mol. The number of benzene rings is 8. The van der Waals surface area contributed by atoms with Crippen molar-refractivity contribution in [2.45, 2.75) is 0 Å². The van der Waals surface area contributed by atoms with Crippen LogP contribution in [0.3, 0.4) is 0 Å². The number of ketones is 4. The SMILES string of the molecule is CN(C)C=O.CN(C)C=O.O=C(/C=C(\[O-])c1ccccc1)c1ccccc1.O=C(/C=C(\[O-])c1ccccc1)c1ccccc1.O=C(/C=C(\[O-])c1ccccc1)c1ccccc1.O=C(/C=C(\[O-])c1ccccc1)c1ccccc1.[Cs+].[Pr+3]. The molecule has 0 N–H and O–H groups in total. The first kappa shape index (κ1) is 71.0. The zero-order chi connectivity index (χ0) is 56.9. The van der Waals surface area contributed by atoms with Crippen LogP contribution in [0, 0.1) is 41.3 Å². The van der Waals surface area contributed by atoms with E-state index in [1.54, 1.807) is 222 Å². The smallest absolute Gasteiger partial charge is 0.872 e. The Kier molecular flexibility index (Phi) is 37.2. The van der Waals surface area contributed by atoms with Gasteiger partial charge in [-0.3, -0.25) is 28.8 Å². The molecule has 0 spiro atoms. The van der Waals surface area contributed by atoms with Crippen molar-refractivity contribution in [1.82, 2.24) is 9.80 Å². The van der Waals surface area contributed by atoms with Gasteiger partial charge in [0.1, 0.15) is 0 Å². The summed E-state index contributed by atoms with van der Waals surface area (Å²) in [6.45, 7) is 0. The Morgan fingerprint density at radius 3 is 0.500 bits per heavy atom. The first-order chi connectivity index (χ1) is 37.6. The molecule has 2 amide bonds. The normalized spacial score (nSPS) is 10.3. The van der Waals surface area contributed by atoms with Crippen molar-refractivity contribution >= 4 is 59.0 Å². The summed E-state index contributed by atoms with van der Waals surface area (Å²) in [5.41, 5.74) is 4.20. The molecule has 0 bridgehead atoms. The van der Waals surface area contributed by atoms with E-state index in [9.17, 15) is 49.2 Å². The number of allylic oxidation sites excluding steroid dienone is 4. The van der Waals surface area contributed by atoms with Gasteiger partial charge < -0.3 is 30.2 Å². The molecular weight excluding hydrogens is 1250 g/mol. The minimum absolute atomic E-state index is 0. The maximum atomic E-state index is 11.8. The van der Waals surface area contributed by atoms with Gasteiger partial charge in [-0.25, -0.2) is 0 Å². The van der Waals surface area contributed by atoms with Crippen LogP contribution in [0.2, 0.25) is 0 Å². The van der Waals surface area contributed by atoms with E-state index < -0.39 is 0 Å². The molecule has 0 fully saturated rings. The summed E-state index contributed by atoms with van der Waals surface area (Å²) in [7, 11) is 6.75. The summed E-state index contributed by atoms with van der Waals surface area (Å²) in [5, 5.41) is 47.0. The van der Waals surface area contributed by atoms with Crippen LogP contribution in [-0.2, 0) is 9.59 Å². The molecule has 8 aromatic carbocycles. The second-order valence-electron chi connectivity index (χ2n) is 16.6. The van der Waals surface area contributed by atoms with Crippen LogP contribution >= 0.6 is 0 Å². The quantitative estimate of drug-likeness (QED) is 0.0580. The predicted octanol–water partition coefficient (Wildman–Crippen LogP) is 5.50. The number of hydrogen-bond acceptors (Lipinski definition) is 10. The molecule has 0 saturated carbocycles. The van der Waals surface area contributed by atoms with Gasteiger partial charge in [0.15, 0.2) is 23.1 Å². The molecule has 0 radical (unpaired) electrons. The molecule has 0 heterocycles. The molecule has 0 aromatic heterocycles. The summed E-state index contributed by atoms with van der Waals surface area (Å²) < 4.78 is 0. The Hall–Kier alpha value is -7.04. The number of hydrogen-bond donors (Lipinski definition) is 0. The summed E-state index contributed by atoms with van der Waals surface area (Å²) in [5.74, 6) is -2.12. The largest absolute Gasteiger partial charge is 3.00 e. The summed E-state index contributed by atoms with van der Waals surface area (Å²) in [6, 6.07) is 70.0. The Morgan fingerprint density at radius 1 is 0.275 bits per heavy atom. The van der Waals surface area contributed by atoms with E-state index in [0.29, 0.717) is 44.5 Å². The zero-order valence-corrected chi connectivity index (χ0v) is 55.1. The first-order valence-corrected chi connectivity index (χ1v) is 24.0. The molecule has 8 rings (SSSR count). The molecule has 80 heavy (non-hydrogen) atoms. The van der Waals surface area contributed by atoms with Crippen LogP contribution in [0.4, 0.5) is 0 Å². The van der Waals surface area contributed by atoms with E-state index >= 15 is 0 Å². The van der Waals surface area contributed by atoms with Gasteiger partial charge in [0, 0.05) is 50.4 Å². The topological polar surface area (TPSA) is 201 Å². The van der Waals surface area contributed by atoms with Gasteiger partial charge in [-0.15, -0.1) is 0 Å². The molecule has 14 heteroatoms. The van der Waals surface area contributed by atoms with Crippen LogP contribution in [0.25, 0.3) is 23.0 Å². The van der Waals surface area contributed by atoms with Crippen LogP contribution < -0.4 is 89.3 Å². The van der Waals surface area contributed by atoms with Crippen molar-refractivity contribution in [3.63, 3.8) is 0 Å². The predicted molar refractivity (Wildman–Crippen MR) is 300 cm³/mol. The summed E-state index contributed by atoms with van der Waals surface area (Å²) in [4.78, 5) is 68.8. The minimum atomic E-state index is -0.264. The molecule has 0 atom stereocenters.